The van der Waals surface area contributed by atoms with Crippen LogP contribution in [0.15, 0.2) is 65.6 Å². The van der Waals surface area contributed by atoms with Crippen molar-refractivity contribution in [3.8, 4) is 0 Å². The van der Waals surface area contributed by atoms with E-state index in [9.17, 15) is 13.2 Å². The molecule has 0 saturated heterocycles. The Morgan fingerprint density at radius 3 is 2.16 bits per heavy atom. The predicted molar refractivity (Wildman–Crippen MR) is 130 cm³/mol. The minimum atomic E-state index is -3.73. The zero-order chi connectivity index (χ0) is 22.9. The Morgan fingerprint density at radius 2 is 1.50 bits per heavy atom. The third-order valence-corrected chi connectivity index (χ3v) is 7.10. The van der Waals surface area contributed by atoms with Gasteiger partial charge in [-0.2, -0.15) is 0 Å². The molecule has 0 aliphatic rings. The average Bonchev–Trinajstić information content (AvgIpc) is 3.10. The second-order valence-electron chi connectivity index (χ2n) is 7.53. The smallest absolute Gasteiger partial charge is 0.308 e. The molecule has 0 saturated carbocycles. The van der Waals surface area contributed by atoms with Crippen LogP contribution >= 0.6 is 11.3 Å². The maximum absolute atomic E-state index is 12.6. The largest absolute Gasteiger partial charge is 0.323 e. The number of hydrogen-bond donors (Lipinski definition) is 3. The summed E-state index contributed by atoms with van der Waals surface area (Å²) in [6.07, 6.45) is 0. The summed E-state index contributed by atoms with van der Waals surface area (Å²) in [5, 5.41) is 5.94. The fourth-order valence-corrected chi connectivity index (χ4v) is 5.67. The lowest BCUT2D eigenvalue weighted by molar-refractivity contribution is 0.262. The molecular formula is C23H22N4O3S2. The van der Waals surface area contributed by atoms with Gasteiger partial charge in [-0.3, -0.25) is 4.72 Å². The summed E-state index contributed by atoms with van der Waals surface area (Å²) in [5.41, 5.74) is 4.94. The van der Waals surface area contributed by atoms with Gasteiger partial charge in [0.25, 0.3) is 10.0 Å². The summed E-state index contributed by atoms with van der Waals surface area (Å²) < 4.78 is 28.5. The Kier molecular flexibility index (Phi) is 5.86. The molecule has 0 spiro atoms. The molecule has 7 nitrogen and oxygen atoms in total. The van der Waals surface area contributed by atoms with Gasteiger partial charge in [0.2, 0.25) is 0 Å². The first kappa shape index (κ1) is 21.8. The van der Waals surface area contributed by atoms with Gasteiger partial charge < -0.3 is 10.6 Å². The summed E-state index contributed by atoms with van der Waals surface area (Å²) in [4.78, 5) is 17.1. The van der Waals surface area contributed by atoms with Crippen LogP contribution in [0.4, 0.5) is 21.3 Å². The highest BCUT2D eigenvalue weighted by Gasteiger charge is 2.17. The molecule has 4 aromatic rings. The first-order chi connectivity index (χ1) is 15.2. The number of aromatic nitrogens is 1. The van der Waals surface area contributed by atoms with Crippen LogP contribution in [0.25, 0.3) is 10.2 Å². The zero-order valence-corrected chi connectivity index (χ0v) is 19.4. The van der Waals surface area contributed by atoms with Gasteiger partial charge in [-0.25, -0.2) is 18.2 Å². The SMILES string of the molecule is Cc1cc(C)cc(NC(=O)Nc2cc(C)c3nc(NS(=O)(=O)c4ccccc4)sc3c2)c1. The van der Waals surface area contributed by atoms with Crippen LogP contribution in [-0.2, 0) is 10.0 Å². The molecule has 32 heavy (non-hydrogen) atoms. The van der Waals surface area contributed by atoms with Crippen molar-refractivity contribution in [2.45, 2.75) is 25.7 Å². The van der Waals surface area contributed by atoms with Crippen LogP contribution in [0.5, 0.6) is 0 Å². The van der Waals surface area contributed by atoms with Crippen molar-refractivity contribution < 1.29 is 13.2 Å². The van der Waals surface area contributed by atoms with E-state index in [1.54, 1.807) is 30.3 Å². The van der Waals surface area contributed by atoms with E-state index in [-0.39, 0.29) is 16.1 Å². The number of thiazole rings is 1. The summed E-state index contributed by atoms with van der Waals surface area (Å²) in [6.45, 7) is 5.81. The second-order valence-corrected chi connectivity index (χ2v) is 10.2. The molecule has 0 unspecified atom stereocenters. The Labute approximate surface area is 190 Å². The number of carbonyl (C=O) groups is 1. The lowest BCUT2D eigenvalue weighted by Gasteiger charge is -2.10. The number of rotatable bonds is 5. The topological polar surface area (TPSA) is 100 Å². The molecule has 0 aliphatic heterocycles. The number of carbonyl (C=O) groups excluding carboxylic acids is 1. The summed E-state index contributed by atoms with van der Waals surface area (Å²) >= 11 is 1.21. The quantitative estimate of drug-likeness (QED) is 0.353. The van der Waals surface area contributed by atoms with Crippen molar-refractivity contribution in [1.82, 2.24) is 4.98 Å². The Morgan fingerprint density at radius 1 is 0.875 bits per heavy atom. The zero-order valence-electron chi connectivity index (χ0n) is 17.8. The van der Waals surface area contributed by atoms with E-state index >= 15 is 0 Å². The molecule has 0 bridgehead atoms. The summed E-state index contributed by atoms with van der Waals surface area (Å²) in [7, 11) is -3.73. The highest BCUT2D eigenvalue weighted by Crippen LogP contribution is 2.32. The summed E-state index contributed by atoms with van der Waals surface area (Å²) in [5.74, 6) is 0. The molecule has 3 N–H and O–H groups in total. The highest BCUT2D eigenvalue weighted by molar-refractivity contribution is 7.93. The molecule has 3 aromatic carbocycles. The van der Waals surface area contributed by atoms with E-state index in [1.165, 1.54) is 23.5 Å². The van der Waals surface area contributed by atoms with Crippen molar-refractivity contribution in [3.63, 3.8) is 0 Å². The van der Waals surface area contributed by atoms with E-state index in [1.807, 2.05) is 39.0 Å². The van der Waals surface area contributed by atoms with Crippen LogP contribution < -0.4 is 15.4 Å². The molecule has 4 rings (SSSR count). The first-order valence-corrected chi connectivity index (χ1v) is 12.1. The Balaban J connectivity index is 1.54. The van der Waals surface area contributed by atoms with E-state index in [4.69, 9.17) is 0 Å². The lowest BCUT2D eigenvalue weighted by Crippen LogP contribution is -2.19. The number of fused-ring (bicyclic) bond motifs is 1. The average molecular weight is 467 g/mol. The van der Waals surface area contributed by atoms with Crippen LogP contribution in [0.1, 0.15) is 16.7 Å². The number of benzene rings is 3. The van der Waals surface area contributed by atoms with Gasteiger partial charge in [0, 0.05) is 11.4 Å². The molecule has 164 valence electrons. The van der Waals surface area contributed by atoms with Gasteiger partial charge in [0.05, 0.1) is 15.1 Å². The molecule has 1 aromatic heterocycles. The van der Waals surface area contributed by atoms with Crippen LogP contribution in [-0.4, -0.2) is 19.4 Å². The van der Waals surface area contributed by atoms with Crippen LogP contribution in [0.2, 0.25) is 0 Å². The normalized spacial score (nSPS) is 11.3. The van der Waals surface area contributed by atoms with Gasteiger partial charge in [-0.05, 0) is 73.9 Å². The van der Waals surface area contributed by atoms with Gasteiger partial charge >= 0.3 is 6.03 Å². The molecule has 0 radical (unpaired) electrons. The molecular weight excluding hydrogens is 444 g/mol. The number of nitrogens with one attached hydrogen (secondary N) is 3. The number of amides is 2. The maximum Gasteiger partial charge on any atom is 0.323 e. The Hall–Kier alpha value is -3.43. The van der Waals surface area contributed by atoms with Crippen LogP contribution in [0.3, 0.4) is 0 Å². The minimum Gasteiger partial charge on any atom is -0.308 e. The van der Waals surface area contributed by atoms with Gasteiger partial charge in [0.1, 0.15) is 0 Å². The second kappa shape index (κ2) is 8.60. The molecule has 0 aliphatic carbocycles. The highest BCUT2D eigenvalue weighted by atomic mass is 32.2. The third-order valence-electron chi connectivity index (χ3n) is 4.70. The van der Waals surface area contributed by atoms with Gasteiger partial charge in [0.15, 0.2) is 5.13 Å². The molecule has 2 amide bonds. The van der Waals surface area contributed by atoms with E-state index in [2.05, 4.69) is 20.3 Å². The molecule has 0 atom stereocenters. The molecule has 1 heterocycles. The Bertz CT molecular complexity index is 1390. The maximum atomic E-state index is 12.6. The summed E-state index contributed by atoms with van der Waals surface area (Å²) in [6, 6.07) is 17.2. The number of nitrogens with zero attached hydrogens (tertiary/aromatic N) is 1. The van der Waals surface area contributed by atoms with Crippen LogP contribution in [0, 0.1) is 20.8 Å². The number of anilines is 3. The van der Waals surface area contributed by atoms with Crippen molar-refractivity contribution in [3.05, 3.63) is 77.4 Å². The van der Waals surface area contributed by atoms with Crippen molar-refractivity contribution in [2.24, 2.45) is 0 Å². The van der Waals surface area contributed by atoms with E-state index in [0.717, 1.165) is 21.4 Å². The van der Waals surface area contributed by atoms with E-state index < -0.39 is 10.0 Å². The number of aryl methyl sites for hydroxylation is 3. The van der Waals surface area contributed by atoms with Crippen molar-refractivity contribution in [1.29, 1.82) is 0 Å². The number of sulfonamides is 1. The van der Waals surface area contributed by atoms with Gasteiger partial charge in [-0.1, -0.05) is 35.6 Å². The minimum absolute atomic E-state index is 0.168. The molecule has 0 fully saturated rings. The van der Waals surface area contributed by atoms with Crippen molar-refractivity contribution in [2.75, 3.05) is 15.4 Å². The number of hydrogen-bond acceptors (Lipinski definition) is 5. The first-order valence-electron chi connectivity index (χ1n) is 9.85. The fraction of sp³-hybridized carbons (Fsp3) is 0.130. The van der Waals surface area contributed by atoms with E-state index in [0.29, 0.717) is 16.9 Å². The standard InChI is InChI=1S/C23H22N4O3S2/c1-14-9-15(2)11-17(10-14)24-22(28)25-18-12-16(3)21-20(13-18)31-23(26-21)27-32(29,30)19-7-5-4-6-8-19/h4-13H,1-3H3,(H,26,27)(H2,24,25,28). The van der Waals surface area contributed by atoms with Gasteiger partial charge in [-0.15, -0.1) is 0 Å². The predicted octanol–water partition coefficient (Wildman–Crippen LogP) is 5.67. The van der Waals surface area contributed by atoms with Crippen molar-refractivity contribution >= 4 is 54.1 Å². The monoisotopic (exact) mass is 466 g/mol. The third kappa shape index (κ3) is 4.90. The molecule has 9 heteroatoms. The number of urea groups is 1. The lowest BCUT2D eigenvalue weighted by atomic mass is 10.1. The fourth-order valence-electron chi connectivity index (χ4n) is 3.43.